The SMILES string of the molecule is Cc1nc(NCC(=O)O)c2ncoc2n1. The lowest BCUT2D eigenvalue weighted by atomic mass is 10.4. The Labute approximate surface area is 84.2 Å². The Morgan fingerprint density at radius 3 is 3.13 bits per heavy atom. The zero-order valence-electron chi connectivity index (χ0n) is 7.89. The maximum absolute atomic E-state index is 10.4. The van der Waals surface area contributed by atoms with Gasteiger partial charge in [0.1, 0.15) is 12.4 Å². The molecule has 2 N–H and O–H groups in total. The number of carbonyl (C=O) groups is 1. The highest BCUT2D eigenvalue weighted by molar-refractivity contribution is 5.83. The maximum atomic E-state index is 10.4. The number of oxazole rings is 1. The van der Waals surface area contributed by atoms with E-state index in [-0.39, 0.29) is 6.54 Å². The largest absolute Gasteiger partial charge is 0.480 e. The summed E-state index contributed by atoms with van der Waals surface area (Å²) in [7, 11) is 0. The van der Waals surface area contributed by atoms with Crippen LogP contribution in [0.3, 0.4) is 0 Å². The highest BCUT2D eigenvalue weighted by Crippen LogP contribution is 2.17. The monoisotopic (exact) mass is 208 g/mol. The molecule has 0 fully saturated rings. The Kier molecular flexibility index (Phi) is 2.20. The summed E-state index contributed by atoms with van der Waals surface area (Å²) in [4.78, 5) is 22.3. The molecule has 0 amide bonds. The fourth-order valence-electron chi connectivity index (χ4n) is 1.15. The summed E-state index contributed by atoms with van der Waals surface area (Å²) in [5, 5.41) is 11.2. The minimum atomic E-state index is -0.970. The van der Waals surface area contributed by atoms with Crippen LogP contribution < -0.4 is 5.32 Å². The molecule has 2 heterocycles. The first-order valence-electron chi connectivity index (χ1n) is 4.20. The van der Waals surface area contributed by atoms with E-state index >= 15 is 0 Å². The van der Waals surface area contributed by atoms with Crippen LogP contribution in [-0.4, -0.2) is 32.6 Å². The third-order valence-electron chi connectivity index (χ3n) is 1.72. The molecule has 0 saturated carbocycles. The lowest BCUT2D eigenvalue weighted by Gasteiger charge is -2.02. The van der Waals surface area contributed by atoms with Crippen molar-refractivity contribution in [2.45, 2.75) is 6.92 Å². The molecule has 0 bridgehead atoms. The Hall–Kier alpha value is -2.18. The van der Waals surface area contributed by atoms with Crippen LogP contribution in [0.1, 0.15) is 5.82 Å². The molecule has 2 rings (SSSR count). The summed E-state index contributed by atoms with van der Waals surface area (Å²) in [5.41, 5.74) is 0.775. The van der Waals surface area contributed by atoms with E-state index in [1.807, 2.05) is 0 Å². The van der Waals surface area contributed by atoms with Gasteiger partial charge in [-0.2, -0.15) is 4.98 Å². The Bertz CT molecular complexity index is 508. The number of rotatable bonds is 3. The number of fused-ring (bicyclic) bond motifs is 1. The Balaban J connectivity index is 2.39. The fourth-order valence-corrected chi connectivity index (χ4v) is 1.15. The lowest BCUT2D eigenvalue weighted by molar-refractivity contribution is -0.134. The van der Waals surface area contributed by atoms with Gasteiger partial charge in [-0.25, -0.2) is 9.97 Å². The van der Waals surface area contributed by atoms with Gasteiger partial charge in [-0.1, -0.05) is 0 Å². The van der Waals surface area contributed by atoms with Gasteiger partial charge in [-0.15, -0.1) is 0 Å². The van der Waals surface area contributed by atoms with Crippen molar-refractivity contribution in [2.75, 3.05) is 11.9 Å². The van der Waals surface area contributed by atoms with Crippen LogP contribution in [0.15, 0.2) is 10.8 Å². The van der Waals surface area contributed by atoms with Crippen LogP contribution in [0.2, 0.25) is 0 Å². The molecule has 0 spiro atoms. The van der Waals surface area contributed by atoms with Crippen molar-refractivity contribution < 1.29 is 14.3 Å². The predicted octanol–water partition coefficient (Wildman–Crippen LogP) is 0.423. The summed E-state index contributed by atoms with van der Waals surface area (Å²) < 4.78 is 5.00. The van der Waals surface area contributed by atoms with Gasteiger partial charge in [-0.05, 0) is 6.92 Å². The number of aromatic nitrogens is 3. The van der Waals surface area contributed by atoms with Gasteiger partial charge in [0.05, 0.1) is 0 Å². The molecule has 0 aliphatic carbocycles. The first-order valence-corrected chi connectivity index (χ1v) is 4.20. The molecule has 0 radical (unpaired) electrons. The molecule has 0 saturated heterocycles. The number of hydrogen-bond acceptors (Lipinski definition) is 6. The number of aliphatic carboxylic acids is 1. The van der Waals surface area contributed by atoms with Crippen LogP contribution in [0.25, 0.3) is 11.2 Å². The average Bonchev–Trinajstić information content (AvgIpc) is 2.61. The summed E-state index contributed by atoms with van der Waals surface area (Å²) in [6.45, 7) is 1.46. The highest BCUT2D eigenvalue weighted by Gasteiger charge is 2.10. The van der Waals surface area contributed by atoms with Gasteiger partial charge in [0, 0.05) is 0 Å². The van der Waals surface area contributed by atoms with Crippen molar-refractivity contribution in [3.63, 3.8) is 0 Å². The first-order chi connectivity index (χ1) is 7.16. The molecule has 78 valence electrons. The van der Waals surface area contributed by atoms with E-state index in [0.717, 1.165) is 0 Å². The minimum Gasteiger partial charge on any atom is -0.480 e. The molecule has 0 aliphatic rings. The molecular weight excluding hydrogens is 200 g/mol. The van der Waals surface area contributed by atoms with Gasteiger partial charge in [-0.3, -0.25) is 4.79 Å². The van der Waals surface area contributed by atoms with Gasteiger partial charge >= 0.3 is 5.97 Å². The van der Waals surface area contributed by atoms with Crippen molar-refractivity contribution in [3.8, 4) is 0 Å². The lowest BCUT2D eigenvalue weighted by Crippen LogP contribution is -2.14. The summed E-state index contributed by atoms with van der Waals surface area (Å²) in [6, 6.07) is 0. The van der Waals surface area contributed by atoms with Crippen LogP contribution >= 0.6 is 0 Å². The summed E-state index contributed by atoms with van der Waals surface area (Å²) >= 11 is 0. The smallest absolute Gasteiger partial charge is 0.322 e. The van der Waals surface area contributed by atoms with Crippen LogP contribution in [-0.2, 0) is 4.79 Å². The van der Waals surface area contributed by atoms with Crippen molar-refractivity contribution >= 4 is 23.0 Å². The van der Waals surface area contributed by atoms with E-state index in [1.54, 1.807) is 6.92 Å². The van der Waals surface area contributed by atoms with E-state index in [4.69, 9.17) is 9.52 Å². The molecule has 7 heteroatoms. The van der Waals surface area contributed by atoms with Gasteiger partial charge in [0.2, 0.25) is 0 Å². The van der Waals surface area contributed by atoms with Gasteiger partial charge in [0.15, 0.2) is 17.7 Å². The second-order valence-corrected chi connectivity index (χ2v) is 2.87. The van der Waals surface area contributed by atoms with E-state index in [2.05, 4.69) is 20.3 Å². The predicted molar refractivity (Wildman–Crippen MR) is 50.5 cm³/mol. The molecule has 0 aromatic carbocycles. The number of aryl methyl sites for hydroxylation is 1. The Morgan fingerprint density at radius 1 is 1.60 bits per heavy atom. The zero-order valence-corrected chi connectivity index (χ0v) is 7.89. The van der Waals surface area contributed by atoms with E-state index in [0.29, 0.717) is 22.9 Å². The number of hydrogen-bond donors (Lipinski definition) is 2. The minimum absolute atomic E-state index is 0.224. The van der Waals surface area contributed by atoms with Gasteiger partial charge in [0.25, 0.3) is 5.71 Å². The number of nitrogens with one attached hydrogen (secondary N) is 1. The topological polar surface area (TPSA) is 101 Å². The number of carboxylic acid groups (broad SMARTS) is 1. The second kappa shape index (κ2) is 3.52. The van der Waals surface area contributed by atoms with Crippen LogP contribution in [0.4, 0.5) is 5.82 Å². The Morgan fingerprint density at radius 2 is 2.40 bits per heavy atom. The average molecular weight is 208 g/mol. The van der Waals surface area contributed by atoms with Crippen molar-refractivity contribution in [3.05, 3.63) is 12.2 Å². The number of nitrogens with zero attached hydrogens (tertiary/aromatic N) is 3. The highest BCUT2D eigenvalue weighted by atomic mass is 16.4. The van der Waals surface area contributed by atoms with Crippen LogP contribution in [0, 0.1) is 6.92 Å². The molecule has 15 heavy (non-hydrogen) atoms. The van der Waals surface area contributed by atoms with E-state index < -0.39 is 5.97 Å². The molecule has 0 aliphatic heterocycles. The third kappa shape index (κ3) is 1.85. The number of carboxylic acids is 1. The molecule has 2 aromatic heterocycles. The molecule has 2 aromatic rings. The van der Waals surface area contributed by atoms with Crippen LogP contribution in [0.5, 0.6) is 0 Å². The first kappa shape index (κ1) is 9.38. The maximum Gasteiger partial charge on any atom is 0.322 e. The number of anilines is 1. The summed E-state index contributed by atoms with van der Waals surface area (Å²) in [5.74, 6) is -0.108. The van der Waals surface area contributed by atoms with E-state index in [9.17, 15) is 4.79 Å². The normalized spacial score (nSPS) is 10.5. The molecule has 0 atom stereocenters. The van der Waals surface area contributed by atoms with E-state index in [1.165, 1.54) is 6.39 Å². The second-order valence-electron chi connectivity index (χ2n) is 2.87. The van der Waals surface area contributed by atoms with Crippen molar-refractivity contribution in [1.29, 1.82) is 0 Å². The zero-order chi connectivity index (χ0) is 10.8. The van der Waals surface area contributed by atoms with Crippen molar-refractivity contribution in [1.82, 2.24) is 15.0 Å². The molecular formula is C8H8N4O3. The molecule has 7 nitrogen and oxygen atoms in total. The molecule has 0 unspecified atom stereocenters. The van der Waals surface area contributed by atoms with Crippen molar-refractivity contribution in [2.24, 2.45) is 0 Å². The standard InChI is InChI=1S/C8H8N4O3/c1-4-11-7(9-2-5(13)14)6-8(12-4)15-3-10-6/h3H,2H2,1H3,(H,13,14)(H,9,11,12). The third-order valence-corrected chi connectivity index (χ3v) is 1.72. The quantitative estimate of drug-likeness (QED) is 0.753. The summed E-state index contributed by atoms with van der Waals surface area (Å²) in [6.07, 6.45) is 1.24. The fraction of sp³-hybridized carbons (Fsp3) is 0.250. The van der Waals surface area contributed by atoms with Gasteiger partial charge < -0.3 is 14.8 Å².